The van der Waals surface area contributed by atoms with E-state index in [-0.39, 0.29) is 18.4 Å². The molecule has 2 heterocycles. The second kappa shape index (κ2) is 7.20. The number of aryl methyl sites for hydroxylation is 1. The topological polar surface area (TPSA) is 54.7 Å². The van der Waals surface area contributed by atoms with Gasteiger partial charge in [0.1, 0.15) is 0 Å². The highest BCUT2D eigenvalue weighted by molar-refractivity contribution is 5.96. The first-order valence-corrected chi connectivity index (χ1v) is 8.34. The molecule has 1 unspecified atom stereocenters. The molecule has 0 bridgehead atoms. The Morgan fingerprint density at radius 3 is 2.75 bits per heavy atom. The Bertz CT molecular complexity index is 709. The van der Waals surface area contributed by atoms with Gasteiger partial charge < -0.3 is 19.3 Å². The maximum atomic E-state index is 13.0. The van der Waals surface area contributed by atoms with E-state index in [1.807, 2.05) is 50.2 Å². The van der Waals surface area contributed by atoms with Crippen LogP contribution >= 0.6 is 0 Å². The molecule has 1 aliphatic heterocycles. The van der Waals surface area contributed by atoms with E-state index in [0.717, 1.165) is 22.6 Å². The quantitative estimate of drug-likeness (QED) is 0.939. The third kappa shape index (κ3) is 3.23. The van der Waals surface area contributed by atoms with E-state index >= 15 is 0 Å². The van der Waals surface area contributed by atoms with Crippen molar-refractivity contribution in [2.24, 2.45) is 5.92 Å². The summed E-state index contributed by atoms with van der Waals surface area (Å²) in [7, 11) is 0. The van der Waals surface area contributed by atoms with Gasteiger partial charge in [0.15, 0.2) is 0 Å². The summed E-state index contributed by atoms with van der Waals surface area (Å²) in [6.45, 7) is 6.13. The van der Waals surface area contributed by atoms with Gasteiger partial charge >= 0.3 is 0 Å². The van der Waals surface area contributed by atoms with Gasteiger partial charge in [0.25, 0.3) is 5.91 Å². The van der Waals surface area contributed by atoms with Gasteiger partial charge in [-0.15, -0.1) is 0 Å². The SMILES string of the molecule is Cc1cc(C(=O)N2CCOCC(CO)C2)c(C)n1-c1ccccc1. The number of aromatic nitrogens is 1. The van der Waals surface area contributed by atoms with E-state index < -0.39 is 0 Å². The van der Waals surface area contributed by atoms with Crippen LogP contribution in [-0.4, -0.2) is 53.4 Å². The molecule has 1 fully saturated rings. The number of carbonyl (C=O) groups is 1. The lowest BCUT2D eigenvalue weighted by Gasteiger charge is -2.22. The van der Waals surface area contributed by atoms with Gasteiger partial charge in [-0.1, -0.05) is 18.2 Å². The predicted molar refractivity (Wildman–Crippen MR) is 92.5 cm³/mol. The third-order valence-electron chi connectivity index (χ3n) is 4.56. The van der Waals surface area contributed by atoms with Crippen LogP contribution in [0.1, 0.15) is 21.7 Å². The number of benzene rings is 1. The van der Waals surface area contributed by atoms with Crippen LogP contribution in [0.5, 0.6) is 0 Å². The van der Waals surface area contributed by atoms with Gasteiger partial charge in [0.2, 0.25) is 0 Å². The van der Waals surface area contributed by atoms with Crippen LogP contribution in [-0.2, 0) is 4.74 Å². The van der Waals surface area contributed by atoms with Gasteiger partial charge in [0, 0.05) is 42.7 Å². The number of rotatable bonds is 3. The van der Waals surface area contributed by atoms with Gasteiger partial charge in [-0.3, -0.25) is 4.79 Å². The minimum absolute atomic E-state index is 0.00855. The number of ether oxygens (including phenoxy) is 1. The van der Waals surface area contributed by atoms with Crippen LogP contribution in [0.2, 0.25) is 0 Å². The van der Waals surface area contributed by atoms with Crippen molar-refractivity contribution in [2.45, 2.75) is 13.8 Å². The molecular formula is C19H24N2O3. The smallest absolute Gasteiger partial charge is 0.255 e. The number of aliphatic hydroxyl groups is 1. The highest BCUT2D eigenvalue weighted by Gasteiger charge is 2.26. The van der Waals surface area contributed by atoms with Crippen molar-refractivity contribution >= 4 is 5.91 Å². The third-order valence-corrected chi connectivity index (χ3v) is 4.56. The maximum absolute atomic E-state index is 13.0. The Morgan fingerprint density at radius 1 is 1.29 bits per heavy atom. The monoisotopic (exact) mass is 328 g/mol. The number of hydrogen-bond acceptors (Lipinski definition) is 3. The lowest BCUT2D eigenvalue weighted by molar-refractivity contribution is 0.0727. The van der Waals surface area contributed by atoms with E-state index in [0.29, 0.717) is 26.3 Å². The molecule has 1 amide bonds. The van der Waals surface area contributed by atoms with Crippen molar-refractivity contribution in [1.29, 1.82) is 0 Å². The molecule has 0 spiro atoms. The van der Waals surface area contributed by atoms with Crippen molar-refractivity contribution in [3.05, 3.63) is 53.3 Å². The fourth-order valence-corrected chi connectivity index (χ4v) is 3.30. The van der Waals surface area contributed by atoms with Crippen LogP contribution in [0, 0.1) is 19.8 Å². The summed E-state index contributed by atoms with van der Waals surface area (Å²) >= 11 is 0. The molecular weight excluding hydrogens is 304 g/mol. The Kier molecular flexibility index (Phi) is 5.02. The molecule has 2 aromatic rings. The molecule has 5 nitrogen and oxygen atoms in total. The van der Waals surface area contributed by atoms with Gasteiger partial charge in [-0.05, 0) is 32.0 Å². The molecule has 3 rings (SSSR count). The number of amides is 1. The highest BCUT2D eigenvalue weighted by atomic mass is 16.5. The summed E-state index contributed by atoms with van der Waals surface area (Å²) in [6, 6.07) is 12.0. The van der Waals surface area contributed by atoms with E-state index in [4.69, 9.17) is 4.74 Å². The number of aliphatic hydroxyl groups excluding tert-OH is 1. The lowest BCUT2D eigenvalue weighted by Crippen LogP contribution is -2.37. The fourth-order valence-electron chi connectivity index (χ4n) is 3.30. The second-order valence-electron chi connectivity index (χ2n) is 6.33. The number of hydrogen-bond donors (Lipinski definition) is 1. The van der Waals surface area contributed by atoms with Crippen LogP contribution in [0.4, 0.5) is 0 Å². The van der Waals surface area contributed by atoms with Crippen molar-refractivity contribution in [3.8, 4) is 5.69 Å². The summed E-state index contributed by atoms with van der Waals surface area (Å²) in [5, 5.41) is 9.42. The fraction of sp³-hybridized carbons (Fsp3) is 0.421. The summed E-state index contributed by atoms with van der Waals surface area (Å²) in [4.78, 5) is 14.8. The molecule has 0 saturated carbocycles. The zero-order valence-corrected chi connectivity index (χ0v) is 14.2. The molecule has 128 valence electrons. The minimum Gasteiger partial charge on any atom is -0.396 e. The first kappa shape index (κ1) is 16.7. The van der Waals surface area contributed by atoms with Gasteiger partial charge in [-0.2, -0.15) is 0 Å². The van der Waals surface area contributed by atoms with Crippen LogP contribution < -0.4 is 0 Å². The molecule has 1 saturated heterocycles. The molecule has 5 heteroatoms. The minimum atomic E-state index is -0.0194. The predicted octanol–water partition coefficient (Wildman–Crippen LogP) is 2.18. The van der Waals surface area contributed by atoms with Gasteiger partial charge in [0.05, 0.1) is 18.8 Å². The Hall–Kier alpha value is -2.11. The normalized spacial score (nSPS) is 18.5. The molecule has 1 aliphatic rings. The zero-order chi connectivity index (χ0) is 17.1. The van der Waals surface area contributed by atoms with E-state index in [9.17, 15) is 9.90 Å². The highest BCUT2D eigenvalue weighted by Crippen LogP contribution is 2.22. The van der Waals surface area contributed by atoms with E-state index in [1.54, 1.807) is 4.90 Å². The molecule has 1 aromatic carbocycles. The Morgan fingerprint density at radius 2 is 2.04 bits per heavy atom. The van der Waals surface area contributed by atoms with E-state index in [2.05, 4.69) is 4.57 Å². The van der Waals surface area contributed by atoms with Crippen molar-refractivity contribution < 1.29 is 14.6 Å². The van der Waals surface area contributed by atoms with Crippen molar-refractivity contribution in [1.82, 2.24) is 9.47 Å². The maximum Gasteiger partial charge on any atom is 0.255 e. The average molecular weight is 328 g/mol. The summed E-state index contributed by atoms with van der Waals surface area (Å²) in [6.07, 6.45) is 0. The first-order valence-electron chi connectivity index (χ1n) is 8.34. The molecule has 0 aliphatic carbocycles. The van der Waals surface area contributed by atoms with Crippen molar-refractivity contribution in [3.63, 3.8) is 0 Å². The molecule has 1 N–H and O–H groups in total. The molecule has 0 radical (unpaired) electrons. The second-order valence-corrected chi connectivity index (χ2v) is 6.33. The Labute approximate surface area is 142 Å². The standard InChI is InChI=1S/C19H24N2O3/c1-14-10-18(15(2)21(14)17-6-4-3-5-7-17)19(23)20-8-9-24-13-16(11-20)12-22/h3-7,10,16,22H,8-9,11-13H2,1-2H3. The Balaban J connectivity index is 1.91. The summed E-state index contributed by atoms with van der Waals surface area (Å²) in [5.74, 6) is -0.0108. The first-order chi connectivity index (χ1) is 11.6. The zero-order valence-electron chi connectivity index (χ0n) is 14.2. The molecule has 1 atom stereocenters. The van der Waals surface area contributed by atoms with E-state index in [1.165, 1.54) is 0 Å². The van der Waals surface area contributed by atoms with Crippen LogP contribution in [0.25, 0.3) is 5.69 Å². The average Bonchev–Trinajstić information content (AvgIpc) is 2.78. The largest absolute Gasteiger partial charge is 0.396 e. The molecule has 24 heavy (non-hydrogen) atoms. The number of para-hydroxylation sites is 1. The van der Waals surface area contributed by atoms with Gasteiger partial charge in [-0.25, -0.2) is 0 Å². The lowest BCUT2D eigenvalue weighted by atomic mass is 10.1. The number of nitrogens with zero attached hydrogens (tertiary/aromatic N) is 2. The van der Waals surface area contributed by atoms with Crippen LogP contribution in [0.15, 0.2) is 36.4 Å². The van der Waals surface area contributed by atoms with Crippen LogP contribution in [0.3, 0.4) is 0 Å². The summed E-state index contributed by atoms with van der Waals surface area (Å²) in [5.41, 5.74) is 3.75. The van der Waals surface area contributed by atoms with Crippen molar-refractivity contribution in [2.75, 3.05) is 32.9 Å². The molecule has 1 aromatic heterocycles. The number of carbonyl (C=O) groups excluding carboxylic acids is 1. The summed E-state index contributed by atoms with van der Waals surface area (Å²) < 4.78 is 7.59.